The van der Waals surface area contributed by atoms with Crippen LogP contribution < -0.4 is 5.32 Å². The van der Waals surface area contributed by atoms with Crippen LogP contribution in [-0.2, 0) is 4.74 Å². The molecule has 1 aromatic rings. The fraction of sp³-hybridized carbons (Fsp3) is 0.167. The zero-order valence-corrected chi connectivity index (χ0v) is 8.53. The molecule has 1 aromatic carbocycles. The SMILES string of the molecule is [CH2]c1ccc(NC(=O)OCCC=C)cc1. The molecule has 0 unspecified atom stereocenters. The Kier molecular flexibility index (Phi) is 4.41. The number of carbonyl (C=O) groups excluding carboxylic acids is 1. The van der Waals surface area contributed by atoms with Crippen molar-refractivity contribution in [3.8, 4) is 0 Å². The number of ether oxygens (including phenoxy) is 1. The van der Waals surface area contributed by atoms with Crippen LogP contribution in [0.1, 0.15) is 12.0 Å². The van der Waals surface area contributed by atoms with Gasteiger partial charge in [0, 0.05) is 5.69 Å². The number of hydrogen-bond acceptors (Lipinski definition) is 2. The first-order valence-electron chi connectivity index (χ1n) is 4.69. The first-order chi connectivity index (χ1) is 7.22. The molecule has 3 nitrogen and oxygen atoms in total. The molecular formula is C12H14NO2. The van der Waals surface area contributed by atoms with E-state index in [0.29, 0.717) is 18.7 Å². The van der Waals surface area contributed by atoms with E-state index in [2.05, 4.69) is 18.8 Å². The van der Waals surface area contributed by atoms with E-state index in [1.807, 2.05) is 12.1 Å². The second-order valence-corrected chi connectivity index (χ2v) is 3.04. The van der Waals surface area contributed by atoms with Gasteiger partial charge in [0.15, 0.2) is 0 Å². The van der Waals surface area contributed by atoms with E-state index in [1.54, 1.807) is 18.2 Å². The lowest BCUT2D eigenvalue weighted by Crippen LogP contribution is -2.13. The van der Waals surface area contributed by atoms with Crippen molar-refractivity contribution in [2.24, 2.45) is 0 Å². The molecule has 1 rings (SSSR count). The maximum absolute atomic E-state index is 11.2. The van der Waals surface area contributed by atoms with Gasteiger partial charge in [0.2, 0.25) is 0 Å². The Morgan fingerprint density at radius 2 is 2.07 bits per heavy atom. The van der Waals surface area contributed by atoms with Crippen molar-refractivity contribution in [1.29, 1.82) is 0 Å². The summed E-state index contributed by atoms with van der Waals surface area (Å²) in [5.74, 6) is 0. The minimum absolute atomic E-state index is 0.350. The van der Waals surface area contributed by atoms with Crippen molar-refractivity contribution in [3.05, 3.63) is 49.4 Å². The average Bonchev–Trinajstić information content (AvgIpc) is 2.22. The molecule has 1 N–H and O–H groups in total. The summed E-state index contributed by atoms with van der Waals surface area (Å²) >= 11 is 0. The van der Waals surface area contributed by atoms with E-state index in [0.717, 1.165) is 5.56 Å². The maximum Gasteiger partial charge on any atom is 0.411 e. The van der Waals surface area contributed by atoms with Gasteiger partial charge in [-0.05, 0) is 31.0 Å². The average molecular weight is 204 g/mol. The highest BCUT2D eigenvalue weighted by atomic mass is 16.5. The third-order valence-electron chi connectivity index (χ3n) is 1.76. The minimum atomic E-state index is -0.450. The van der Waals surface area contributed by atoms with Gasteiger partial charge in [-0.15, -0.1) is 6.58 Å². The molecule has 0 bridgehead atoms. The van der Waals surface area contributed by atoms with Gasteiger partial charge in [-0.3, -0.25) is 5.32 Å². The number of carbonyl (C=O) groups is 1. The van der Waals surface area contributed by atoms with Crippen LogP contribution in [0.25, 0.3) is 0 Å². The molecule has 15 heavy (non-hydrogen) atoms. The van der Waals surface area contributed by atoms with E-state index < -0.39 is 6.09 Å². The number of rotatable bonds is 4. The van der Waals surface area contributed by atoms with Crippen LogP contribution in [0, 0.1) is 6.92 Å². The zero-order chi connectivity index (χ0) is 11.1. The summed E-state index contributed by atoms with van der Waals surface area (Å²) in [5, 5.41) is 2.60. The number of hydrogen-bond donors (Lipinski definition) is 1. The molecule has 3 heteroatoms. The largest absolute Gasteiger partial charge is 0.449 e. The first-order valence-corrected chi connectivity index (χ1v) is 4.69. The Labute approximate surface area is 89.8 Å². The van der Waals surface area contributed by atoms with E-state index in [9.17, 15) is 4.79 Å². The van der Waals surface area contributed by atoms with Crippen molar-refractivity contribution < 1.29 is 9.53 Å². The molecule has 0 heterocycles. The lowest BCUT2D eigenvalue weighted by molar-refractivity contribution is 0.164. The summed E-state index contributed by atoms with van der Waals surface area (Å²) < 4.78 is 4.88. The number of anilines is 1. The summed E-state index contributed by atoms with van der Waals surface area (Å²) in [6, 6.07) is 7.19. The highest BCUT2D eigenvalue weighted by molar-refractivity contribution is 5.84. The molecular weight excluding hydrogens is 190 g/mol. The van der Waals surface area contributed by atoms with E-state index in [4.69, 9.17) is 4.74 Å². The Morgan fingerprint density at radius 1 is 1.40 bits per heavy atom. The van der Waals surface area contributed by atoms with Gasteiger partial charge in [0.25, 0.3) is 0 Å². The fourth-order valence-corrected chi connectivity index (χ4v) is 0.977. The molecule has 0 atom stereocenters. The van der Waals surface area contributed by atoms with Gasteiger partial charge in [-0.2, -0.15) is 0 Å². The molecule has 0 aliphatic heterocycles. The molecule has 0 saturated heterocycles. The van der Waals surface area contributed by atoms with Crippen LogP contribution >= 0.6 is 0 Å². The van der Waals surface area contributed by atoms with Gasteiger partial charge in [0.1, 0.15) is 0 Å². The van der Waals surface area contributed by atoms with Crippen molar-refractivity contribution in [2.45, 2.75) is 6.42 Å². The summed E-state index contributed by atoms with van der Waals surface area (Å²) in [7, 11) is 0. The van der Waals surface area contributed by atoms with Gasteiger partial charge < -0.3 is 4.74 Å². The highest BCUT2D eigenvalue weighted by Gasteiger charge is 2.01. The second-order valence-electron chi connectivity index (χ2n) is 3.04. The maximum atomic E-state index is 11.2. The first kappa shape index (κ1) is 11.3. The quantitative estimate of drug-likeness (QED) is 0.604. The van der Waals surface area contributed by atoms with Crippen molar-refractivity contribution in [2.75, 3.05) is 11.9 Å². The molecule has 0 aliphatic rings. The van der Waals surface area contributed by atoms with Crippen molar-refractivity contribution in [3.63, 3.8) is 0 Å². The summed E-state index contributed by atoms with van der Waals surface area (Å²) in [4.78, 5) is 11.2. The second kappa shape index (κ2) is 5.86. The molecule has 0 spiro atoms. The monoisotopic (exact) mass is 204 g/mol. The Morgan fingerprint density at radius 3 is 2.67 bits per heavy atom. The number of amides is 1. The van der Waals surface area contributed by atoms with Gasteiger partial charge in [0.05, 0.1) is 6.61 Å². The number of nitrogens with one attached hydrogen (secondary N) is 1. The normalized spacial score (nSPS) is 9.40. The Bertz CT molecular complexity index is 330. The van der Waals surface area contributed by atoms with Crippen LogP contribution in [0.4, 0.5) is 10.5 Å². The molecule has 1 amide bonds. The summed E-state index contributed by atoms with van der Waals surface area (Å²) in [5.41, 5.74) is 1.60. The van der Waals surface area contributed by atoms with Crippen molar-refractivity contribution >= 4 is 11.8 Å². The smallest absolute Gasteiger partial charge is 0.411 e. The van der Waals surface area contributed by atoms with Crippen LogP contribution in [0.2, 0.25) is 0 Å². The van der Waals surface area contributed by atoms with Crippen LogP contribution in [0.3, 0.4) is 0 Å². The Hall–Kier alpha value is -1.77. The third-order valence-corrected chi connectivity index (χ3v) is 1.76. The topological polar surface area (TPSA) is 38.3 Å². The summed E-state index contributed by atoms with van der Waals surface area (Å²) in [6.07, 6.45) is 1.91. The van der Waals surface area contributed by atoms with E-state index in [-0.39, 0.29) is 0 Å². The summed E-state index contributed by atoms with van der Waals surface area (Å²) in [6.45, 7) is 7.63. The molecule has 0 aromatic heterocycles. The van der Waals surface area contributed by atoms with Gasteiger partial charge in [-0.25, -0.2) is 4.79 Å². The standard InChI is InChI=1S/C12H14NO2/c1-3-4-9-15-12(14)13-11-7-5-10(2)6-8-11/h3,5-8H,1-2,4,9H2,(H,13,14). The van der Waals surface area contributed by atoms with Gasteiger partial charge in [-0.1, -0.05) is 18.2 Å². The zero-order valence-electron chi connectivity index (χ0n) is 8.53. The van der Waals surface area contributed by atoms with Crippen LogP contribution in [0.15, 0.2) is 36.9 Å². The molecule has 1 radical (unpaired) electrons. The Balaban J connectivity index is 2.37. The molecule has 0 fully saturated rings. The van der Waals surface area contributed by atoms with E-state index >= 15 is 0 Å². The highest BCUT2D eigenvalue weighted by Crippen LogP contribution is 2.08. The predicted molar refractivity (Wildman–Crippen MR) is 60.7 cm³/mol. The molecule has 0 saturated carbocycles. The molecule has 79 valence electrons. The van der Waals surface area contributed by atoms with Crippen molar-refractivity contribution in [1.82, 2.24) is 0 Å². The third kappa shape index (κ3) is 4.31. The minimum Gasteiger partial charge on any atom is -0.449 e. The van der Waals surface area contributed by atoms with Crippen LogP contribution in [-0.4, -0.2) is 12.7 Å². The number of benzene rings is 1. The van der Waals surface area contributed by atoms with Gasteiger partial charge >= 0.3 is 6.09 Å². The fourth-order valence-electron chi connectivity index (χ4n) is 0.977. The molecule has 0 aliphatic carbocycles. The lowest BCUT2D eigenvalue weighted by atomic mass is 10.2. The predicted octanol–water partition coefficient (Wildman–Crippen LogP) is 2.99. The van der Waals surface area contributed by atoms with E-state index in [1.165, 1.54) is 0 Å². The lowest BCUT2D eigenvalue weighted by Gasteiger charge is -2.05. The van der Waals surface area contributed by atoms with Crippen LogP contribution in [0.5, 0.6) is 0 Å².